The summed E-state index contributed by atoms with van der Waals surface area (Å²) in [4.78, 5) is 0. The highest BCUT2D eigenvalue weighted by Gasteiger charge is 2.48. The number of rotatable bonds is 8. The minimum absolute atomic E-state index is 0.179. The van der Waals surface area contributed by atoms with Crippen molar-refractivity contribution in [3.05, 3.63) is 0 Å². The van der Waals surface area contributed by atoms with Crippen molar-refractivity contribution in [3.8, 4) is 0 Å². The van der Waals surface area contributed by atoms with E-state index in [4.69, 9.17) is 9.47 Å². The third kappa shape index (κ3) is 3.53. The Morgan fingerprint density at radius 1 is 1.10 bits per heavy atom. The summed E-state index contributed by atoms with van der Waals surface area (Å²) in [7, 11) is 1.80. The highest BCUT2D eigenvalue weighted by Crippen LogP contribution is 2.42. The summed E-state index contributed by atoms with van der Waals surface area (Å²) >= 11 is 0. The molecule has 3 atom stereocenters. The predicted molar refractivity (Wildman–Crippen MR) is 77.7 cm³/mol. The van der Waals surface area contributed by atoms with Crippen molar-refractivity contribution in [2.45, 2.75) is 75.2 Å². The first kappa shape index (κ1) is 14.8. The van der Waals surface area contributed by atoms with Gasteiger partial charge in [0.1, 0.15) is 0 Å². The van der Waals surface area contributed by atoms with Gasteiger partial charge in [-0.25, -0.2) is 0 Å². The van der Waals surface area contributed by atoms with Gasteiger partial charge in [-0.2, -0.15) is 0 Å². The van der Waals surface area contributed by atoms with Gasteiger partial charge in [-0.05, 0) is 57.3 Å². The molecule has 0 amide bonds. The molecule has 0 saturated heterocycles. The smallest absolute Gasteiger partial charge is 0.0681 e. The summed E-state index contributed by atoms with van der Waals surface area (Å²) in [5.74, 6) is 0.606. The molecule has 3 aliphatic carbocycles. The number of nitrogens with one attached hydrogen (secondary N) is 1. The molecule has 2 N–H and O–H groups in total. The number of hydrogen-bond donors (Lipinski definition) is 2. The molecule has 4 nitrogen and oxygen atoms in total. The Balaban J connectivity index is 1.53. The van der Waals surface area contributed by atoms with Gasteiger partial charge in [0.05, 0.1) is 31.0 Å². The van der Waals surface area contributed by atoms with Crippen LogP contribution in [0.4, 0.5) is 0 Å². The van der Waals surface area contributed by atoms with Crippen molar-refractivity contribution in [1.82, 2.24) is 5.32 Å². The lowest BCUT2D eigenvalue weighted by Crippen LogP contribution is -2.56. The second-order valence-electron chi connectivity index (χ2n) is 6.96. The molecule has 3 unspecified atom stereocenters. The maximum absolute atomic E-state index is 9.92. The Hall–Kier alpha value is -0.160. The molecule has 0 heterocycles. The summed E-state index contributed by atoms with van der Waals surface area (Å²) < 4.78 is 11.7. The van der Waals surface area contributed by atoms with E-state index in [1.807, 2.05) is 0 Å². The highest BCUT2D eigenvalue weighted by atomic mass is 16.5. The van der Waals surface area contributed by atoms with Gasteiger partial charge in [0.15, 0.2) is 0 Å². The average Bonchev–Trinajstić information content (AvgIpc) is 3.37. The molecular formula is C16H29NO3. The number of aliphatic hydroxyl groups is 1. The maximum Gasteiger partial charge on any atom is 0.0681 e. The molecule has 3 fully saturated rings. The highest BCUT2D eigenvalue weighted by molar-refractivity contribution is 5.04. The Labute approximate surface area is 122 Å². The lowest BCUT2D eigenvalue weighted by atomic mass is 9.92. The molecule has 3 rings (SSSR count). The zero-order chi connectivity index (χ0) is 14.0. The summed E-state index contributed by atoms with van der Waals surface area (Å²) in [5, 5.41) is 13.6. The molecule has 3 aliphatic rings. The van der Waals surface area contributed by atoms with Crippen molar-refractivity contribution in [2.24, 2.45) is 5.92 Å². The minimum Gasteiger partial charge on any atom is -0.394 e. The van der Waals surface area contributed by atoms with Crippen molar-refractivity contribution in [1.29, 1.82) is 0 Å². The Kier molecular flexibility index (Phi) is 4.65. The van der Waals surface area contributed by atoms with Crippen LogP contribution < -0.4 is 5.32 Å². The third-order valence-corrected chi connectivity index (χ3v) is 5.20. The van der Waals surface area contributed by atoms with Crippen LogP contribution in [0.2, 0.25) is 0 Å². The van der Waals surface area contributed by atoms with Crippen LogP contribution in [0.5, 0.6) is 0 Å². The SMILES string of the molecule is COC1CCCC(OCC(CO)(NC2CC2)C2CC2)C1. The Bertz CT molecular complexity index is 317. The normalized spacial score (nSPS) is 33.9. The summed E-state index contributed by atoms with van der Waals surface area (Å²) in [5.41, 5.74) is -0.179. The van der Waals surface area contributed by atoms with Crippen LogP contribution in [0.1, 0.15) is 51.4 Å². The van der Waals surface area contributed by atoms with Gasteiger partial charge in [-0.3, -0.25) is 0 Å². The molecule has 116 valence electrons. The quantitative estimate of drug-likeness (QED) is 0.714. The van der Waals surface area contributed by atoms with E-state index in [2.05, 4.69) is 5.32 Å². The second-order valence-corrected chi connectivity index (χ2v) is 6.96. The predicted octanol–water partition coefficient (Wildman–Crippen LogP) is 1.85. The van der Waals surface area contributed by atoms with Crippen LogP contribution in [-0.2, 0) is 9.47 Å². The molecular weight excluding hydrogens is 254 g/mol. The Morgan fingerprint density at radius 3 is 2.45 bits per heavy atom. The summed E-state index contributed by atoms with van der Waals surface area (Å²) in [6.07, 6.45) is 10.1. The largest absolute Gasteiger partial charge is 0.394 e. The summed E-state index contributed by atoms with van der Waals surface area (Å²) in [6.45, 7) is 0.861. The molecule has 0 spiro atoms. The third-order valence-electron chi connectivity index (χ3n) is 5.20. The number of aliphatic hydroxyl groups excluding tert-OH is 1. The van der Waals surface area contributed by atoms with Crippen LogP contribution in [0, 0.1) is 5.92 Å². The van der Waals surface area contributed by atoms with Gasteiger partial charge in [0.25, 0.3) is 0 Å². The summed E-state index contributed by atoms with van der Waals surface area (Å²) in [6, 6.07) is 0.615. The fraction of sp³-hybridized carbons (Fsp3) is 1.00. The molecule has 0 aromatic heterocycles. The molecule has 0 aromatic carbocycles. The van der Waals surface area contributed by atoms with Crippen LogP contribution >= 0.6 is 0 Å². The van der Waals surface area contributed by atoms with E-state index in [-0.39, 0.29) is 12.1 Å². The van der Waals surface area contributed by atoms with Gasteiger partial charge < -0.3 is 19.9 Å². The zero-order valence-corrected chi connectivity index (χ0v) is 12.6. The van der Waals surface area contributed by atoms with Gasteiger partial charge in [-0.1, -0.05) is 0 Å². The van der Waals surface area contributed by atoms with E-state index in [9.17, 15) is 5.11 Å². The lowest BCUT2D eigenvalue weighted by molar-refractivity contribution is -0.0614. The first-order valence-corrected chi connectivity index (χ1v) is 8.28. The van der Waals surface area contributed by atoms with Gasteiger partial charge in [0.2, 0.25) is 0 Å². The van der Waals surface area contributed by atoms with Gasteiger partial charge in [-0.15, -0.1) is 0 Å². The molecule has 0 bridgehead atoms. The van der Waals surface area contributed by atoms with E-state index in [1.165, 1.54) is 32.1 Å². The lowest BCUT2D eigenvalue weighted by Gasteiger charge is -2.36. The van der Waals surface area contributed by atoms with E-state index in [1.54, 1.807) is 7.11 Å². The molecule has 0 aliphatic heterocycles. The first-order valence-electron chi connectivity index (χ1n) is 8.28. The van der Waals surface area contributed by atoms with E-state index in [0.29, 0.717) is 30.8 Å². The van der Waals surface area contributed by atoms with Crippen molar-refractivity contribution < 1.29 is 14.6 Å². The zero-order valence-electron chi connectivity index (χ0n) is 12.6. The fourth-order valence-electron chi connectivity index (χ4n) is 3.50. The van der Waals surface area contributed by atoms with Crippen LogP contribution in [0.3, 0.4) is 0 Å². The topological polar surface area (TPSA) is 50.7 Å². The van der Waals surface area contributed by atoms with Gasteiger partial charge in [0, 0.05) is 13.2 Å². The fourth-order valence-corrected chi connectivity index (χ4v) is 3.50. The van der Waals surface area contributed by atoms with Crippen LogP contribution in [0.15, 0.2) is 0 Å². The average molecular weight is 283 g/mol. The number of ether oxygens (including phenoxy) is 2. The van der Waals surface area contributed by atoms with Crippen LogP contribution in [0.25, 0.3) is 0 Å². The molecule has 4 heteroatoms. The standard InChI is InChI=1S/C16H29NO3/c1-19-14-3-2-4-15(9-14)20-11-16(10-18,12-5-6-12)17-13-7-8-13/h12-15,17-18H,2-11H2,1H3. The van der Waals surface area contributed by atoms with E-state index < -0.39 is 0 Å². The molecule has 0 aromatic rings. The monoisotopic (exact) mass is 283 g/mol. The van der Waals surface area contributed by atoms with Crippen molar-refractivity contribution >= 4 is 0 Å². The van der Waals surface area contributed by atoms with Gasteiger partial charge >= 0.3 is 0 Å². The van der Waals surface area contributed by atoms with Crippen molar-refractivity contribution in [3.63, 3.8) is 0 Å². The maximum atomic E-state index is 9.92. The molecule has 20 heavy (non-hydrogen) atoms. The number of hydrogen-bond acceptors (Lipinski definition) is 4. The van der Waals surface area contributed by atoms with Crippen molar-refractivity contribution in [2.75, 3.05) is 20.3 Å². The number of methoxy groups -OCH3 is 1. The molecule has 3 saturated carbocycles. The van der Waals surface area contributed by atoms with E-state index >= 15 is 0 Å². The minimum atomic E-state index is -0.179. The molecule has 0 radical (unpaired) electrons. The van der Waals surface area contributed by atoms with E-state index in [0.717, 1.165) is 19.3 Å². The first-order chi connectivity index (χ1) is 9.75. The van der Waals surface area contributed by atoms with Crippen LogP contribution in [-0.4, -0.2) is 49.2 Å². The second kappa shape index (κ2) is 6.30. The Morgan fingerprint density at radius 2 is 1.85 bits per heavy atom.